The van der Waals surface area contributed by atoms with Crippen LogP contribution in [0.5, 0.6) is 0 Å². The minimum atomic E-state index is -4.45. The molecule has 0 aliphatic rings. The van der Waals surface area contributed by atoms with E-state index in [2.05, 4.69) is 15.3 Å². The molecule has 0 aliphatic heterocycles. The zero-order valence-corrected chi connectivity index (χ0v) is 14.0. The normalized spacial score (nSPS) is 11.4. The first-order valence-corrected chi connectivity index (χ1v) is 7.82. The third-order valence-corrected chi connectivity index (χ3v) is 3.80. The van der Waals surface area contributed by atoms with Crippen molar-refractivity contribution in [3.05, 3.63) is 70.3 Å². The molecule has 0 saturated heterocycles. The van der Waals surface area contributed by atoms with Crippen LogP contribution in [0.4, 0.5) is 24.7 Å². The molecule has 0 spiro atoms. The average molecular weight is 384 g/mol. The molecule has 1 heterocycles. The third-order valence-electron chi connectivity index (χ3n) is 3.28. The Balaban J connectivity index is 1.99. The van der Waals surface area contributed by atoms with Crippen LogP contribution in [0, 0.1) is 0 Å². The highest BCUT2D eigenvalue weighted by Gasteiger charge is 2.30. The Morgan fingerprint density at radius 2 is 1.64 bits per heavy atom. The number of nitrogens with zero attached hydrogens (tertiary/aromatic N) is 2. The molecule has 128 valence electrons. The lowest BCUT2D eigenvalue weighted by atomic mass is 10.1. The maximum atomic E-state index is 12.9. The van der Waals surface area contributed by atoms with Gasteiger partial charge < -0.3 is 5.32 Å². The van der Waals surface area contributed by atoms with Gasteiger partial charge in [0.05, 0.1) is 16.3 Å². The van der Waals surface area contributed by atoms with Crippen molar-refractivity contribution < 1.29 is 13.2 Å². The average Bonchev–Trinajstić information content (AvgIpc) is 2.56. The molecule has 0 saturated carbocycles. The van der Waals surface area contributed by atoms with Gasteiger partial charge in [-0.1, -0.05) is 47.5 Å². The lowest BCUT2D eigenvalue weighted by molar-refractivity contribution is -0.137. The van der Waals surface area contributed by atoms with Crippen LogP contribution >= 0.6 is 23.2 Å². The van der Waals surface area contributed by atoms with Gasteiger partial charge in [-0.25, -0.2) is 9.97 Å². The summed E-state index contributed by atoms with van der Waals surface area (Å²) in [7, 11) is 0. The number of nitrogens with one attached hydrogen (secondary N) is 1. The van der Waals surface area contributed by atoms with Gasteiger partial charge in [0.15, 0.2) is 5.82 Å². The maximum Gasteiger partial charge on any atom is 0.416 e. The Bertz CT molecular complexity index is 914. The Morgan fingerprint density at radius 1 is 0.880 bits per heavy atom. The molecular formula is C17H10Cl2F3N3. The largest absolute Gasteiger partial charge is 0.416 e. The summed E-state index contributed by atoms with van der Waals surface area (Å²) in [5.74, 6) is 0.397. The summed E-state index contributed by atoms with van der Waals surface area (Å²) < 4.78 is 38.6. The van der Waals surface area contributed by atoms with E-state index in [1.165, 1.54) is 18.2 Å². The van der Waals surface area contributed by atoms with Crippen molar-refractivity contribution in [1.82, 2.24) is 9.97 Å². The Hall–Kier alpha value is -2.31. The predicted octanol–water partition coefficient (Wildman–Crippen LogP) is 6.21. The van der Waals surface area contributed by atoms with E-state index in [4.69, 9.17) is 23.2 Å². The summed E-state index contributed by atoms with van der Waals surface area (Å²) >= 11 is 12.1. The van der Waals surface area contributed by atoms with E-state index >= 15 is 0 Å². The standard InChI is InChI=1S/C17H10Cl2F3N3/c18-12-6-1-2-7-13(12)23-15-9-14(19)24-16(25-15)10-4-3-5-11(8-10)17(20,21)22/h1-9H,(H,23,24,25). The molecule has 8 heteroatoms. The number of aromatic nitrogens is 2. The highest BCUT2D eigenvalue weighted by atomic mass is 35.5. The van der Waals surface area contributed by atoms with Crippen LogP contribution in [0.3, 0.4) is 0 Å². The van der Waals surface area contributed by atoms with E-state index in [0.717, 1.165) is 12.1 Å². The number of benzene rings is 2. The van der Waals surface area contributed by atoms with Gasteiger partial charge in [-0.2, -0.15) is 13.2 Å². The van der Waals surface area contributed by atoms with Crippen LogP contribution in [-0.2, 0) is 6.18 Å². The van der Waals surface area contributed by atoms with Crippen molar-refractivity contribution in [3.8, 4) is 11.4 Å². The third kappa shape index (κ3) is 4.21. The molecule has 0 amide bonds. The van der Waals surface area contributed by atoms with E-state index < -0.39 is 11.7 Å². The highest BCUT2D eigenvalue weighted by molar-refractivity contribution is 6.33. The van der Waals surface area contributed by atoms with Crippen LogP contribution in [0.2, 0.25) is 10.2 Å². The molecule has 3 nitrogen and oxygen atoms in total. The fourth-order valence-electron chi connectivity index (χ4n) is 2.15. The molecule has 3 aromatic rings. The molecular weight excluding hydrogens is 374 g/mol. The quantitative estimate of drug-likeness (QED) is 0.546. The molecule has 25 heavy (non-hydrogen) atoms. The van der Waals surface area contributed by atoms with E-state index in [1.807, 2.05) is 0 Å². The smallest absolute Gasteiger partial charge is 0.339 e. The molecule has 2 aromatic carbocycles. The van der Waals surface area contributed by atoms with Crippen LogP contribution in [-0.4, -0.2) is 9.97 Å². The lowest BCUT2D eigenvalue weighted by Gasteiger charge is -2.11. The first kappa shape index (κ1) is 17.5. The summed E-state index contributed by atoms with van der Waals surface area (Å²) in [5.41, 5.74) is 0.0163. The number of hydrogen-bond acceptors (Lipinski definition) is 3. The van der Waals surface area contributed by atoms with Crippen LogP contribution in [0.15, 0.2) is 54.6 Å². The van der Waals surface area contributed by atoms with Crippen molar-refractivity contribution in [2.45, 2.75) is 6.18 Å². The number of para-hydroxylation sites is 1. The second-order valence-corrected chi connectivity index (χ2v) is 5.88. The van der Waals surface area contributed by atoms with Gasteiger partial charge in [-0.3, -0.25) is 0 Å². The van der Waals surface area contributed by atoms with Crippen molar-refractivity contribution in [2.75, 3.05) is 5.32 Å². The fourth-order valence-corrected chi connectivity index (χ4v) is 2.51. The Labute approximate surface area is 151 Å². The van der Waals surface area contributed by atoms with E-state index in [0.29, 0.717) is 16.5 Å². The number of halogens is 5. The van der Waals surface area contributed by atoms with Crippen LogP contribution in [0.25, 0.3) is 11.4 Å². The van der Waals surface area contributed by atoms with Gasteiger partial charge >= 0.3 is 6.18 Å². The molecule has 0 radical (unpaired) electrons. The first-order valence-electron chi connectivity index (χ1n) is 7.07. The second-order valence-electron chi connectivity index (χ2n) is 5.08. The predicted molar refractivity (Wildman–Crippen MR) is 92.2 cm³/mol. The van der Waals surface area contributed by atoms with Gasteiger partial charge in [0.2, 0.25) is 0 Å². The van der Waals surface area contributed by atoms with E-state index in [-0.39, 0.29) is 16.5 Å². The van der Waals surface area contributed by atoms with Crippen LogP contribution in [0.1, 0.15) is 5.56 Å². The molecule has 1 N–H and O–H groups in total. The summed E-state index contributed by atoms with van der Waals surface area (Å²) in [5, 5.41) is 3.54. The zero-order valence-electron chi connectivity index (χ0n) is 12.5. The van der Waals surface area contributed by atoms with Crippen molar-refractivity contribution in [3.63, 3.8) is 0 Å². The monoisotopic (exact) mass is 383 g/mol. The minimum absolute atomic E-state index is 0.0770. The van der Waals surface area contributed by atoms with E-state index in [9.17, 15) is 13.2 Å². The summed E-state index contributed by atoms with van der Waals surface area (Å²) in [6.45, 7) is 0. The molecule has 0 unspecified atom stereocenters. The topological polar surface area (TPSA) is 37.8 Å². The van der Waals surface area contributed by atoms with Crippen molar-refractivity contribution in [1.29, 1.82) is 0 Å². The highest BCUT2D eigenvalue weighted by Crippen LogP contribution is 2.32. The molecule has 0 fully saturated rings. The number of anilines is 2. The molecule has 3 rings (SSSR count). The van der Waals surface area contributed by atoms with Gasteiger partial charge in [0, 0.05) is 11.6 Å². The fraction of sp³-hybridized carbons (Fsp3) is 0.0588. The van der Waals surface area contributed by atoms with Gasteiger partial charge in [0.25, 0.3) is 0 Å². The zero-order chi connectivity index (χ0) is 18.0. The molecule has 0 aliphatic carbocycles. The van der Waals surface area contributed by atoms with Gasteiger partial charge in [0.1, 0.15) is 11.0 Å². The number of hydrogen-bond donors (Lipinski definition) is 1. The maximum absolute atomic E-state index is 12.9. The van der Waals surface area contributed by atoms with E-state index in [1.54, 1.807) is 24.3 Å². The minimum Gasteiger partial charge on any atom is -0.339 e. The molecule has 0 bridgehead atoms. The van der Waals surface area contributed by atoms with Crippen molar-refractivity contribution >= 4 is 34.7 Å². The van der Waals surface area contributed by atoms with Crippen molar-refractivity contribution in [2.24, 2.45) is 0 Å². The summed E-state index contributed by atoms with van der Waals surface area (Å²) in [6.07, 6.45) is -4.45. The summed E-state index contributed by atoms with van der Waals surface area (Å²) in [6, 6.07) is 13.2. The SMILES string of the molecule is FC(F)(F)c1cccc(-c2nc(Cl)cc(Nc3ccccc3Cl)n2)c1. The number of alkyl halides is 3. The molecule has 1 aromatic heterocycles. The number of rotatable bonds is 3. The Kier molecular flexibility index (Phi) is 4.83. The molecule has 0 atom stereocenters. The summed E-state index contributed by atoms with van der Waals surface area (Å²) in [4.78, 5) is 8.24. The van der Waals surface area contributed by atoms with Crippen LogP contribution < -0.4 is 5.32 Å². The van der Waals surface area contributed by atoms with Gasteiger partial charge in [-0.15, -0.1) is 0 Å². The first-order chi connectivity index (χ1) is 11.8. The van der Waals surface area contributed by atoms with Gasteiger partial charge in [-0.05, 0) is 24.3 Å². The Morgan fingerprint density at radius 3 is 2.36 bits per heavy atom. The second kappa shape index (κ2) is 6.90. The lowest BCUT2D eigenvalue weighted by Crippen LogP contribution is -2.05.